The molecule has 0 atom stereocenters. The fourth-order valence-electron chi connectivity index (χ4n) is 2.22. The second-order valence-corrected chi connectivity index (χ2v) is 5.74. The molecular weight excluding hydrogens is 320 g/mol. The third kappa shape index (κ3) is 2.93. The normalized spacial score (nSPS) is 10.8. The lowest BCUT2D eigenvalue weighted by Gasteiger charge is -2.08. The van der Waals surface area contributed by atoms with E-state index >= 15 is 0 Å². The number of benzene rings is 1. The number of aromatic nitrogens is 2. The molecule has 4 nitrogen and oxygen atoms in total. The molecule has 0 unspecified atom stereocenters. The second kappa shape index (κ2) is 5.79. The zero-order valence-electron chi connectivity index (χ0n) is 11.8. The smallest absolute Gasteiger partial charge is 0.303 e. The molecule has 1 heterocycles. The van der Waals surface area contributed by atoms with Gasteiger partial charge in [0.1, 0.15) is 0 Å². The van der Waals surface area contributed by atoms with Gasteiger partial charge in [0, 0.05) is 19.0 Å². The highest BCUT2D eigenvalue weighted by atomic mass is 79.9. The van der Waals surface area contributed by atoms with Crippen molar-refractivity contribution < 1.29 is 9.90 Å². The third-order valence-corrected chi connectivity index (χ3v) is 4.11. The van der Waals surface area contributed by atoms with Crippen LogP contribution in [0.25, 0.3) is 11.3 Å². The molecule has 5 heteroatoms. The van der Waals surface area contributed by atoms with Crippen LogP contribution in [0.5, 0.6) is 0 Å². The van der Waals surface area contributed by atoms with Gasteiger partial charge in [-0.1, -0.05) is 17.7 Å². The summed E-state index contributed by atoms with van der Waals surface area (Å²) in [6, 6.07) is 6.29. The number of halogens is 1. The molecule has 0 aliphatic carbocycles. The summed E-state index contributed by atoms with van der Waals surface area (Å²) in [6.07, 6.45) is 0.510. The molecule has 106 valence electrons. The van der Waals surface area contributed by atoms with Gasteiger partial charge in [-0.25, -0.2) is 0 Å². The van der Waals surface area contributed by atoms with Gasteiger partial charge < -0.3 is 5.11 Å². The summed E-state index contributed by atoms with van der Waals surface area (Å²) >= 11 is 3.57. The monoisotopic (exact) mass is 336 g/mol. The highest BCUT2D eigenvalue weighted by Crippen LogP contribution is 2.33. The Morgan fingerprint density at radius 1 is 1.40 bits per heavy atom. The van der Waals surface area contributed by atoms with Crippen LogP contribution < -0.4 is 0 Å². The summed E-state index contributed by atoms with van der Waals surface area (Å²) in [6.45, 7) is 4.11. The van der Waals surface area contributed by atoms with Crippen molar-refractivity contribution in [2.24, 2.45) is 7.05 Å². The van der Waals surface area contributed by atoms with Gasteiger partial charge in [0.2, 0.25) is 0 Å². The van der Waals surface area contributed by atoms with Gasteiger partial charge in [-0.15, -0.1) is 0 Å². The van der Waals surface area contributed by atoms with Crippen LogP contribution in [0.1, 0.15) is 23.2 Å². The molecule has 2 aromatic rings. The molecule has 2 rings (SSSR count). The van der Waals surface area contributed by atoms with Crippen LogP contribution in [0, 0.1) is 13.8 Å². The van der Waals surface area contributed by atoms with Crippen LogP contribution >= 0.6 is 15.9 Å². The first kappa shape index (κ1) is 14.8. The number of hydrogen-bond donors (Lipinski definition) is 1. The van der Waals surface area contributed by atoms with Crippen LogP contribution in [0.15, 0.2) is 22.7 Å². The van der Waals surface area contributed by atoms with Gasteiger partial charge in [0.05, 0.1) is 22.3 Å². The predicted octanol–water partition coefficient (Wildman–Crippen LogP) is 3.48. The lowest BCUT2D eigenvalue weighted by atomic mass is 10.0. The fraction of sp³-hybridized carbons (Fsp3) is 0.333. The molecular formula is C15H17BrN2O2. The van der Waals surface area contributed by atoms with Crippen LogP contribution in [-0.2, 0) is 18.3 Å². The number of nitrogens with zero attached hydrogens (tertiary/aromatic N) is 2. The van der Waals surface area contributed by atoms with E-state index in [4.69, 9.17) is 5.11 Å². The molecule has 1 aromatic carbocycles. The first-order valence-electron chi connectivity index (χ1n) is 6.41. The Balaban J connectivity index is 2.47. The average molecular weight is 337 g/mol. The van der Waals surface area contributed by atoms with Crippen molar-refractivity contribution in [3.05, 3.63) is 39.5 Å². The summed E-state index contributed by atoms with van der Waals surface area (Å²) in [5, 5.41) is 13.2. The SMILES string of the molecule is Cc1ccc(C)c(-c2c(Br)c(CCC(=O)O)nn2C)c1. The van der Waals surface area contributed by atoms with Gasteiger partial charge in [0.25, 0.3) is 0 Å². The van der Waals surface area contributed by atoms with E-state index in [1.165, 1.54) is 11.1 Å². The summed E-state index contributed by atoms with van der Waals surface area (Å²) in [5.41, 5.74) is 5.25. The van der Waals surface area contributed by atoms with E-state index < -0.39 is 5.97 Å². The predicted molar refractivity (Wildman–Crippen MR) is 81.8 cm³/mol. The third-order valence-electron chi connectivity index (χ3n) is 3.28. The minimum atomic E-state index is -0.809. The van der Waals surface area contributed by atoms with Crippen molar-refractivity contribution in [2.45, 2.75) is 26.7 Å². The topological polar surface area (TPSA) is 55.1 Å². The maximum Gasteiger partial charge on any atom is 0.303 e. The number of carboxylic acid groups (broad SMARTS) is 1. The lowest BCUT2D eigenvalue weighted by molar-refractivity contribution is -0.136. The van der Waals surface area contributed by atoms with Crippen molar-refractivity contribution in [3.8, 4) is 11.3 Å². The molecule has 1 N–H and O–H groups in total. The molecule has 0 bridgehead atoms. The number of hydrogen-bond acceptors (Lipinski definition) is 2. The van der Waals surface area contributed by atoms with Gasteiger partial charge >= 0.3 is 5.97 Å². The maximum atomic E-state index is 10.7. The Morgan fingerprint density at radius 2 is 2.10 bits per heavy atom. The van der Waals surface area contributed by atoms with E-state index in [-0.39, 0.29) is 6.42 Å². The number of aryl methyl sites for hydroxylation is 4. The Labute approximate surface area is 126 Å². The van der Waals surface area contributed by atoms with E-state index in [2.05, 4.69) is 53.1 Å². The first-order chi connectivity index (χ1) is 9.40. The zero-order valence-corrected chi connectivity index (χ0v) is 13.4. The fourth-order valence-corrected chi connectivity index (χ4v) is 2.97. The molecule has 20 heavy (non-hydrogen) atoms. The van der Waals surface area contributed by atoms with Gasteiger partial charge in [0.15, 0.2) is 0 Å². The Kier molecular flexibility index (Phi) is 4.28. The average Bonchev–Trinajstić information content (AvgIpc) is 2.65. The quantitative estimate of drug-likeness (QED) is 0.929. The molecule has 0 saturated heterocycles. The van der Waals surface area contributed by atoms with E-state index in [1.807, 2.05) is 11.7 Å². The molecule has 0 radical (unpaired) electrons. The summed E-state index contributed by atoms with van der Waals surface area (Å²) < 4.78 is 2.69. The van der Waals surface area contributed by atoms with E-state index in [0.29, 0.717) is 6.42 Å². The van der Waals surface area contributed by atoms with Gasteiger partial charge in [-0.05, 0) is 41.4 Å². The Morgan fingerprint density at radius 3 is 2.75 bits per heavy atom. The molecule has 0 saturated carbocycles. The number of carbonyl (C=O) groups is 1. The molecule has 0 amide bonds. The van der Waals surface area contributed by atoms with Gasteiger partial charge in [-0.2, -0.15) is 5.10 Å². The van der Waals surface area contributed by atoms with E-state index in [0.717, 1.165) is 21.4 Å². The van der Waals surface area contributed by atoms with Gasteiger partial charge in [-0.3, -0.25) is 9.48 Å². The highest BCUT2D eigenvalue weighted by Gasteiger charge is 2.17. The number of carboxylic acids is 1. The molecule has 0 aliphatic heterocycles. The van der Waals surface area contributed by atoms with Crippen molar-refractivity contribution in [2.75, 3.05) is 0 Å². The van der Waals surface area contributed by atoms with Crippen LogP contribution in [0.4, 0.5) is 0 Å². The van der Waals surface area contributed by atoms with E-state index in [1.54, 1.807) is 0 Å². The molecule has 0 fully saturated rings. The van der Waals surface area contributed by atoms with Crippen LogP contribution in [-0.4, -0.2) is 20.9 Å². The van der Waals surface area contributed by atoms with Crippen molar-refractivity contribution in [3.63, 3.8) is 0 Å². The van der Waals surface area contributed by atoms with Crippen molar-refractivity contribution >= 4 is 21.9 Å². The summed E-state index contributed by atoms with van der Waals surface area (Å²) in [5.74, 6) is -0.809. The highest BCUT2D eigenvalue weighted by molar-refractivity contribution is 9.10. The van der Waals surface area contributed by atoms with Crippen LogP contribution in [0.3, 0.4) is 0 Å². The Bertz CT molecular complexity index is 662. The van der Waals surface area contributed by atoms with Crippen LogP contribution in [0.2, 0.25) is 0 Å². The second-order valence-electron chi connectivity index (χ2n) is 4.95. The maximum absolute atomic E-state index is 10.7. The van der Waals surface area contributed by atoms with Crippen molar-refractivity contribution in [1.82, 2.24) is 9.78 Å². The lowest BCUT2D eigenvalue weighted by Crippen LogP contribution is -1.99. The summed E-state index contributed by atoms with van der Waals surface area (Å²) in [4.78, 5) is 10.7. The first-order valence-corrected chi connectivity index (χ1v) is 7.20. The molecule has 0 aliphatic rings. The van der Waals surface area contributed by atoms with E-state index in [9.17, 15) is 4.79 Å². The largest absolute Gasteiger partial charge is 0.481 e. The zero-order chi connectivity index (χ0) is 14.9. The molecule has 0 spiro atoms. The van der Waals surface area contributed by atoms with Crippen molar-refractivity contribution in [1.29, 1.82) is 0 Å². The Hall–Kier alpha value is -1.62. The number of rotatable bonds is 4. The minimum absolute atomic E-state index is 0.0852. The minimum Gasteiger partial charge on any atom is -0.481 e. The molecule has 1 aromatic heterocycles. The summed E-state index contributed by atoms with van der Waals surface area (Å²) in [7, 11) is 1.88. The standard InChI is InChI=1S/C15H17BrN2O2/c1-9-4-5-10(2)11(8-9)15-14(16)12(17-18(15)3)6-7-13(19)20/h4-5,8H,6-7H2,1-3H3,(H,19,20). The number of aliphatic carboxylic acids is 1.